The van der Waals surface area contributed by atoms with Gasteiger partial charge in [-0.2, -0.15) is 0 Å². The molecule has 10 rings (SSSR count). The summed E-state index contributed by atoms with van der Waals surface area (Å²) in [6, 6.07) is 62.3. The average molecular weight is 656 g/mol. The van der Waals surface area contributed by atoms with Gasteiger partial charge in [-0.1, -0.05) is 152 Å². The van der Waals surface area contributed by atoms with E-state index in [1.165, 1.54) is 32.7 Å². The molecule has 4 nitrogen and oxygen atoms in total. The minimum Gasteiger partial charge on any atom is -0.456 e. The second-order valence-electron chi connectivity index (χ2n) is 13.2. The van der Waals surface area contributed by atoms with Crippen molar-refractivity contribution in [2.45, 2.75) is 12.3 Å². The van der Waals surface area contributed by atoms with Crippen LogP contribution >= 0.6 is 0 Å². The molecule has 2 N–H and O–H groups in total. The fourth-order valence-corrected chi connectivity index (χ4v) is 7.59. The molecule has 51 heavy (non-hydrogen) atoms. The molecule has 8 aromatic carbocycles. The zero-order valence-corrected chi connectivity index (χ0v) is 27.8. The molecule has 0 amide bonds. The minimum absolute atomic E-state index is 0.239. The van der Waals surface area contributed by atoms with Crippen LogP contribution in [0.3, 0.4) is 0 Å². The van der Waals surface area contributed by atoms with Crippen molar-refractivity contribution in [3.05, 3.63) is 193 Å². The fourth-order valence-electron chi connectivity index (χ4n) is 7.59. The molecule has 2 heterocycles. The summed E-state index contributed by atoms with van der Waals surface area (Å²) in [5.41, 5.74) is 9.67. The van der Waals surface area contributed by atoms with E-state index in [2.05, 4.69) is 180 Å². The predicted octanol–water partition coefficient (Wildman–Crippen LogP) is 11.6. The zero-order valence-electron chi connectivity index (χ0n) is 27.8. The summed E-state index contributed by atoms with van der Waals surface area (Å²) in [5.74, 6) is 0.845. The molecule has 2 unspecified atom stereocenters. The van der Waals surface area contributed by atoms with E-state index in [9.17, 15) is 0 Å². The Hall–Kier alpha value is -6.49. The van der Waals surface area contributed by atoms with Crippen LogP contribution in [-0.4, -0.2) is 5.84 Å². The van der Waals surface area contributed by atoms with Gasteiger partial charge in [0.1, 0.15) is 29.3 Å². The highest BCUT2D eigenvalue weighted by Gasteiger charge is 2.28. The van der Waals surface area contributed by atoms with E-state index in [1.54, 1.807) is 0 Å². The number of nitrogens with zero attached hydrogens (tertiary/aromatic N) is 1. The summed E-state index contributed by atoms with van der Waals surface area (Å²) in [6.07, 6.45) is -0.488. The van der Waals surface area contributed by atoms with E-state index in [1.807, 2.05) is 6.07 Å². The van der Waals surface area contributed by atoms with Crippen LogP contribution in [0.1, 0.15) is 29.0 Å². The van der Waals surface area contributed by atoms with Crippen LogP contribution in [0.5, 0.6) is 0 Å². The Morgan fingerprint density at radius 3 is 1.78 bits per heavy atom. The van der Waals surface area contributed by atoms with E-state index in [4.69, 9.17) is 9.41 Å². The van der Waals surface area contributed by atoms with Crippen molar-refractivity contribution in [2.75, 3.05) is 0 Å². The number of nitrogens with one attached hydrogen (secondary N) is 2. The first-order chi connectivity index (χ1) is 25.2. The maximum Gasteiger partial charge on any atom is 0.136 e. The van der Waals surface area contributed by atoms with E-state index < -0.39 is 0 Å². The number of hydrogen-bond donors (Lipinski definition) is 2. The van der Waals surface area contributed by atoms with E-state index in [-0.39, 0.29) is 12.3 Å². The summed E-state index contributed by atoms with van der Waals surface area (Å²) >= 11 is 0. The van der Waals surface area contributed by atoms with Crippen LogP contribution in [0.4, 0.5) is 0 Å². The van der Waals surface area contributed by atoms with E-state index in [0.29, 0.717) is 0 Å². The molecule has 0 spiro atoms. The van der Waals surface area contributed by atoms with E-state index in [0.717, 1.165) is 55.6 Å². The van der Waals surface area contributed by atoms with Crippen LogP contribution in [0.15, 0.2) is 185 Å². The van der Waals surface area contributed by atoms with Crippen LogP contribution < -0.4 is 10.6 Å². The van der Waals surface area contributed by atoms with E-state index >= 15 is 0 Å². The molecule has 1 aliphatic rings. The van der Waals surface area contributed by atoms with Gasteiger partial charge in [0.05, 0.1) is 0 Å². The molecular weight excluding hydrogens is 623 g/mol. The molecule has 242 valence electrons. The molecule has 0 bridgehead atoms. The maximum atomic E-state index is 6.55. The molecule has 0 aliphatic carbocycles. The van der Waals surface area contributed by atoms with Gasteiger partial charge < -0.3 is 9.73 Å². The first-order valence-corrected chi connectivity index (χ1v) is 17.4. The predicted molar refractivity (Wildman–Crippen MR) is 211 cm³/mol. The van der Waals surface area contributed by atoms with Gasteiger partial charge in [0.2, 0.25) is 0 Å². The molecule has 9 aromatic rings. The lowest BCUT2D eigenvalue weighted by molar-refractivity contribution is 0.411. The van der Waals surface area contributed by atoms with Gasteiger partial charge in [-0.3, -0.25) is 5.32 Å². The monoisotopic (exact) mass is 655 g/mol. The lowest BCUT2D eigenvalue weighted by Crippen LogP contribution is -2.45. The van der Waals surface area contributed by atoms with Crippen molar-refractivity contribution in [3.63, 3.8) is 0 Å². The van der Waals surface area contributed by atoms with Crippen molar-refractivity contribution in [3.8, 4) is 22.3 Å². The van der Waals surface area contributed by atoms with Crippen molar-refractivity contribution in [1.82, 2.24) is 10.6 Å². The molecule has 1 aliphatic heterocycles. The second kappa shape index (κ2) is 12.1. The zero-order chi connectivity index (χ0) is 33.7. The molecule has 0 saturated carbocycles. The molecule has 0 radical (unpaired) electrons. The Morgan fingerprint density at radius 2 is 1.04 bits per heavy atom. The number of fused-ring (bicyclic) bond motifs is 5. The topological polar surface area (TPSA) is 49.6 Å². The molecule has 2 atom stereocenters. The number of benzene rings is 8. The summed E-state index contributed by atoms with van der Waals surface area (Å²) in [6.45, 7) is 0. The quantitative estimate of drug-likeness (QED) is 0.194. The average Bonchev–Trinajstić information content (AvgIpc) is 3.60. The Bertz CT molecular complexity index is 2760. The Morgan fingerprint density at radius 1 is 0.451 bits per heavy atom. The van der Waals surface area contributed by atoms with Gasteiger partial charge in [-0.25, -0.2) is 4.99 Å². The molecule has 0 saturated heterocycles. The third-order valence-corrected chi connectivity index (χ3v) is 10.1. The smallest absolute Gasteiger partial charge is 0.136 e. The third-order valence-electron chi connectivity index (χ3n) is 10.1. The van der Waals surface area contributed by atoms with Crippen molar-refractivity contribution in [2.24, 2.45) is 4.99 Å². The van der Waals surface area contributed by atoms with Crippen molar-refractivity contribution >= 4 is 49.3 Å². The number of furan rings is 1. The summed E-state index contributed by atoms with van der Waals surface area (Å²) in [7, 11) is 0. The first-order valence-electron chi connectivity index (χ1n) is 17.4. The van der Waals surface area contributed by atoms with Gasteiger partial charge in [0.25, 0.3) is 0 Å². The fraction of sp³-hybridized carbons (Fsp3) is 0.0426. The number of rotatable bonds is 5. The Labute approximate surface area is 295 Å². The Balaban J connectivity index is 1.08. The standard InChI is InChI=1S/C47H33N3O/c1-2-12-33(13-3-1)45-48-46(34-24-20-32(21-25-34)37-26-22-30-10-4-6-14-35(30)28-37)50-47(49-45)40-17-9-19-42-44(40)43-39(16-8-18-41(43)51-42)38-27-23-31-11-5-7-15-36(31)29-38/h1-29,45,47,49H,(H,48,50). The lowest BCUT2D eigenvalue weighted by Gasteiger charge is -2.32. The number of amidine groups is 1. The van der Waals surface area contributed by atoms with Gasteiger partial charge in [-0.15, -0.1) is 0 Å². The van der Waals surface area contributed by atoms with Crippen LogP contribution in [0.2, 0.25) is 0 Å². The van der Waals surface area contributed by atoms with Crippen molar-refractivity contribution in [1.29, 1.82) is 0 Å². The van der Waals surface area contributed by atoms with Crippen molar-refractivity contribution < 1.29 is 4.42 Å². The maximum absolute atomic E-state index is 6.55. The highest BCUT2D eigenvalue weighted by atomic mass is 16.3. The summed E-state index contributed by atoms with van der Waals surface area (Å²) in [5, 5.41) is 14.8. The van der Waals surface area contributed by atoms with Crippen LogP contribution in [0, 0.1) is 0 Å². The van der Waals surface area contributed by atoms with Crippen LogP contribution in [-0.2, 0) is 0 Å². The first kappa shape index (κ1) is 29.4. The highest BCUT2D eigenvalue weighted by Crippen LogP contribution is 2.41. The summed E-state index contributed by atoms with van der Waals surface area (Å²) in [4.78, 5) is 5.24. The molecular formula is C47H33N3O. The number of aliphatic imine (C=N–C) groups is 1. The highest BCUT2D eigenvalue weighted by molar-refractivity contribution is 6.14. The number of hydrogen-bond acceptors (Lipinski definition) is 4. The Kier molecular flexibility index (Phi) is 7.00. The molecule has 1 aromatic heterocycles. The summed E-state index contributed by atoms with van der Waals surface area (Å²) < 4.78 is 6.55. The third kappa shape index (κ3) is 5.25. The normalized spacial score (nSPS) is 16.0. The molecule has 4 heteroatoms. The van der Waals surface area contributed by atoms with Gasteiger partial charge in [0.15, 0.2) is 0 Å². The van der Waals surface area contributed by atoms with Crippen LogP contribution in [0.25, 0.3) is 65.7 Å². The van der Waals surface area contributed by atoms with Gasteiger partial charge in [-0.05, 0) is 73.6 Å². The minimum atomic E-state index is -0.249. The SMILES string of the molecule is c1ccc(C2N=C(c3ccc(-c4ccc5ccccc5c4)cc3)NC(c3cccc4oc5cccc(-c6ccc7ccccc7c6)c5c34)N2)cc1. The van der Waals surface area contributed by atoms with Gasteiger partial charge >= 0.3 is 0 Å². The molecule has 0 fully saturated rings. The van der Waals surface area contributed by atoms with Gasteiger partial charge in [0, 0.05) is 21.9 Å². The second-order valence-corrected chi connectivity index (χ2v) is 13.2. The largest absolute Gasteiger partial charge is 0.456 e. The lowest BCUT2D eigenvalue weighted by atomic mass is 9.94.